The number of aromatic nitrogens is 3. The molecule has 0 N–H and O–H groups in total. The molecule has 2 saturated heterocycles. The molecule has 30 heavy (non-hydrogen) atoms. The van der Waals surface area contributed by atoms with Gasteiger partial charge in [0.25, 0.3) is 0 Å². The van der Waals surface area contributed by atoms with Crippen LogP contribution in [0, 0.1) is 19.3 Å². The average Bonchev–Trinajstić information content (AvgIpc) is 3.28. The summed E-state index contributed by atoms with van der Waals surface area (Å²) in [6, 6.07) is 0. The van der Waals surface area contributed by atoms with Crippen molar-refractivity contribution in [2.45, 2.75) is 47.5 Å². The van der Waals surface area contributed by atoms with Crippen LogP contribution in [0.2, 0.25) is 0 Å². The summed E-state index contributed by atoms with van der Waals surface area (Å²) in [6.45, 7) is 5.41. The first-order chi connectivity index (χ1) is 13.3. The summed E-state index contributed by atoms with van der Waals surface area (Å²) in [4.78, 5) is 27.3. The number of hydrogen-bond acceptors (Lipinski definition) is 7. The highest BCUT2D eigenvalue weighted by Gasteiger charge is 2.28. The first-order valence-electron chi connectivity index (χ1n) is 8.39. The number of rotatable bonds is 4. The molecule has 0 bridgehead atoms. The molecule has 2 aliphatic heterocycles. The van der Waals surface area contributed by atoms with Crippen molar-refractivity contribution in [1.82, 2.24) is 24.8 Å². The normalized spacial score (nSPS) is 18.6. The number of amides is 2. The Bertz CT molecular complexity index is 752. The lowest BCUT2D eigenvalue weighted by Crippen LogP contribution is -2.22. The van der Waals surface area contributed by atoms with Crippen molar-refractivity contribution >= 4 is 12.2 Å². The van der Waals surface area contributed by atoms with Gasteiger partial charge in [0.15, 0.2) is 0 Å². The van der Waals surface area contributed by atoms with Crippen LogP contribution in [0.15, 0.2) is 11.3 Å². The number of azide groups is 1. The number of terminal acetylenes is 1. The Morgan fingerprint density at radius 1 is 1.23 bits per heavy atom. The zero-order chi connectivity index (χ0) is 21.1. The van der Waals surface area contributed by atoms with Crippen molar-refractivity contribution in [1.29, 1.82) is 0 Å². The summed E-state index contributed by atoms with van der Waals surface area (Å²) < 4.78 is 11.6. The average molecular weight is 425 g/mol. The zero-order valence-electron chi connectivity index (χ0n) is 16.3. The highest BCUT2D eigenvalue weighted by Crippen LogP contribution is 2.10. The van der Waals surface area contributed by atoms with E-state index in [0.717, 1.165) is 5.69 Å². The molecule has 12 nitrogen and oxygen atoms in total. The van der Waals surface area contributed by atoms with Crippen molar-refractivity contribution in [3.63, 3.8) is 0 Å². The van der Waals surface area contributed by atoms with Gasteiger partial charge in [-0.05, 0) is 19.4 Å². The third-order valence-electron chi connectivity index (χ3n) is 3.51. The molecule has 2 fully saturated rings. The molecule has 1 aromatic heterocycles. The van der Waals surface area contributed by atoms with Crippen LogP contribution < -0.4 is 0 Å². The van der Waals surface area contributed by atoms with Crippen LogP contribution in [0.5, 0.6) is 0 Å². The van der Waals surface area contributed by atoms with E-state index in [1.165, 1.54) is 4.90 Å². The molecule has 3 heterocycles. The van der Waals surface area contributed by atoms with Crippen LogP contribution in [0.3, 0.4) is 0 Å². The lowest BCUT2D eigenvalue weighted by atomic mass is 10.3. The smallest absolute Gasteiger partial charge is 0.410 e. The van der Waals surface area contributed by atoms with Crippen molar-refractivity contribution in [2.75, 3.05) is 33.7 Å². The Morgan fingerprint density at radius 2 is 1.73 bits per heavy atom. The minimum atomic E-state index is -0.358. The second-order valence-corrected chi connectivity index (χ2v) is 6.06. The molecule has 0 spiro atoms. The lowest BCUT2D eigenvalue weighted by molar-refractivity contribution is 0.124. The third kappa shape index (κ3) is 9.66. The number of hydrogen-bond donors (Lipinski definition) is 0. The number of nitrogens with zero attached hydrogens (tertiary/aromatic N) is 8. The quantitative estimate of drug-likeness (QED) is 0.315. The number of likely N-dealkylation sites (N-methyl/N-ethyl adjacent to an activating group) is 2. The van der Waals surface area contributed by atoms with Crippen molar-refractivity contribution in [2.24, 2.45) is 5.11 Å². The maximum absolute atomic E-state index is 11.0. The van der Waals surface area contributed by atoms with Gasteiger partial charge in [-0.25, -0.2) is 14.3 Å². The molecule has 3 rings (SSSR count). The van der Waals surface area contributed by atoms with Gasteiger partial charge in [0.2, 0.25) is 0 Å². The molecule has 2 amide bonds. The first-order valence-corrected chi connectivity index (χ1v) is 8.39. The summed E-state index contributed by atoms with van der Waals surface area (Å²) in [5.74, 6) is 2.25. The molecule has 1 aromatic rings. The van der Waals surface area contributed by atoms with Crippen LogP contribution in [0.4, 0.5) is 9.59 Å². The van der Waals surface area contributed by atoms with Gasteiger partial charge < -0.3 is 19.3 Å². The third-order valence-corrected chi connectivity index (χ3v) is 3.51. The fourth-order valence-electron chi connectivity index (χ4n) is 2.31. The van der Waals surface area contributed by atoms with E-state index in [1.807, 2.05) is 13.1 Å². The monoisotopic (exact) mass is 424 g/mol. The van der Waals surface area contributed by atoms with Gasteiger partial charge in [0.1, 0.15) is 12.2 Å². The highest BCUT2D eigenvalue weighted by atomic mass is 16.6. The number of carbonyl (C=O) groups excluding carboxylic acids is 2. The van der Waals surface area contributed by atoms with E-state index < -0.39 is 0 Å². The summed E-state index contributed by atoms with van der Waals surface area (Å²) in [7, 11) is 3.35. The van der Waals surface area contributed by atoms with E-state index >= 15 is 0 Å². The predicted octanol–water partition coefficient (Wildman–Crippen LogP) is 2.70. The molecule has 0 radical (unpaired) electrons. The fourth-order valence-corrected chi connectivity index (χ4v) is 2.31. The second-order valence-electron chi connectivity index (χ2n) is 6.06. The van der Waals surface area contributed by atoms with Crippen LogP contribution in [0.25, 0.3) is 10.4 Å². The number of ether oxygens (including phenoxy) is 2. The molecule has 168 valence electrons. The largest absolute Gasteiger partial charge is 0.444 e. The molecule has 0 saturated carbocycles. The van der Waals surface area contributed by atoms with Gasteiger partial charge in [0, 0.05) is 25.2 Å². The minimum Gasteiger partial charge on any atom is -0.444 e. The van der Waals surface area contributed by atoms with Gasteiger partial charge in [-0.3, -0.25) is 0 Å². The molecule has 12 heteroatoms. The van der Waals surface area contributed by atoms with Crippen LogP contribution in [-0.2, 0) is 16.0 Å². The Kier molecular flexibility index (Phi) is 13.9. The van der Waals surface area contributed by atoms with E-state index in [-0.39, 0.29) is 45.8 Å². The maximum atomic E-state index is 11.0. The highest BCUT2D eigenvalue weighted by molar-refractivity contribution is 5.69. The SMILES string of the molecule is C.C.C#CC.CN1C[C@H](CN=[N+]=[N-])OC1=O.Cc1cn(C[C@H]2CN(C)C(=O)O2)nn1. The topological polar surface area (TPSA) is 139 Å². The van der Waals surface area contributed by atoms with E-state index in [2.05, 4.69) is 32.7 Å². The van der Waals surface area contributed by atoms with Crippen LogP contribution in [0.1, 0.15) is 27.5 Å². The molecule has 0 aromatic carbocycles. The van der Waals surface area contributed by atoms with Crippen molar-refractivity contribution in [3.05, 3.63) is 22.3 Å². The molecular weight excluding hydrogens is 392 g/mol. The standard InChI is InChI=1S/C8H12N4O2.C5H8N4O2.C3H4.2CH4/c1-6-3-12(10-9-6)5-7-4-11(2)8(13)14-7;1-9-3-4(2-7-8-6)11-5(9)10;1-3-2;;/h3,7H,4-5H2,1-2H3;4H,2-3H2,1H3;1H,2H3;2*1H4/t7-;4-;;;/m10.../s1. The summed E-state index contributed by atoms with van der Waals surface area (Å²) in [5, 5.41) is 11.0. The summed E-state index contributed by atoms with van der Waals surface area (Å²) in [5.41, 5.74) is 8.83. The van der Waals surface area contributed by atoms with E-state index in [0.29, 0.717) is 19.6 Å². The Balaban J connectivity index is 0. The van der Waals surface area contributed by atoms with Crippen molar-refractivity contribution in [3.8, 4) is 12.3 Å². The number of cyclic esters (lactones) is 2. The molecular formula is C18H32N8O4. The first kappa shape index (κ1) is 28.8. The van der Waals surface area contributed by atoms with Gasteiger partial charge in [-0.1, -0.05) is 25.2 Å². The van der Waals surface area contributed by atoms with Gasteiger partial charge >= 0.3 is 12.2 Å². The Labute approximate surface area is 177 Å². The molecule has 2 atom stereocenters. The van der Waals surface area contributed by atoms with Gasteiger partial charge in [-0.15, -0.1) is 17.4 Å². The second kappa shape index (κ2) is 14.5. The number of aryl methyl sites for hydroxylation is 1. The minimum absolute atomic E-state index is 0. The van der Waals surface area contributed by atoms with E-state index in [9.17, 15) is 9.59 Å². The summed E-state index contributed by atoms with van der Waals surface area (Å²) in [6.07, 6.45) is 5.40. The van der Waals surface area contributed by atoms with E-state index in [1.54, 1.807) is 30.6 Å². The Hall–Kier alpha value is -3.45. The zero-order valence-corrected chi connectivity index (χ0v) is 16.3. The van der Waals surface area contributed by atoms with Gasteiger partial charge in [-0.2, -0.15) is 0 Å². The van der Waals surface area contributed by atoms with E-state index in [4.69, 9.17) is 15.0 Å². The van der Waals surface area contributed by atoms with Crippen LogP contribution >= 0.6 is 0 Å². The predicted molar refractivity (Wildman–Crippen MR) is 113 cm³/mol. The Morgan fingerprint density at radius 3 is 2.10 bits per heavy atom. The lowest BCUT2D eigenvalue weighted by Gasteiger charge is -2.06. The van der Waals surface area contributed by atoms with Crippen molar-refractivity contribution < 1.29 is 19.1 Å². The van der Waals surface area contributed by atoms with Crippen LogP contribution in [-0.4, -0.2) is 82.9 Å². The maximum Gasteiger partial charge on any atom is 0.410 e. The summed E-state index contributed by atoms with van der Waals surface area (Å²) >= 11 is 0. The fraction of sp³-hybridized carbons (Fsp3) is 0.667. The molecule has 0 unspecified atom stereocenters. The molecule has 2 aliphatic rings. The van der Waals surface area contributed by atoms with Gasteiger partial charge in [0.05, 0.1) is 31.9 Å². The number of carbonyl (C=O) groups is 2. The molecule has 0 aliphatic carbocycles.